The molecule has 4 N–H and O–H groups in total. The summed E-state index contributed by atoms with van der Waals surface area (Å²) in [5, 5.41) is 3.09. The predicted molar refractivity (Wildman–Crippen MR) is 115 cm³/mol. The SMILES string of the molecule is CCc1c(N2CCCCC2=O)cccc1S(=O)(=O)N[C@@H](C(N)=O)C(=O)N1CCNCC1. The number of amides is 3. The van der Waals surface area contributed by atoms with Gasteiger partial charge in [-0.15, -0.1) is 0 Å². The van der Waals surface area contributed by atoms with Gasteiger partial charge in [0, 0.05) is 44.8 Å². The van der Waals surface area contributed by atoms with Gasteiger partial charge in [-0.05, 0) is 37.0 Å². The Kier molecular flexibility index (Phi) is 7.29. The lowest BCUT2D eigenvalue weighted by molar-refractivity contribution is -0.138. The summed E-state index contributed by atoms with van der Waals surface area (Å²) in [7, 11) is -4.26. The maximum atomic E-state index is 13.2. The Morgan fingerprint density at radius 3 is 2.52 bits per heavy atom. The highest BCUT2D eigenvalue weighted by atomic mass is 32.2. The fraction of sp³-hybridized carbons (Fsp3) is 0.550. The number of benzene rings is 1. The number of sulfonamides is 1. The van der Waals surface area contributed by atoms with E-state index in [4.69, 9.17) is 5.73 Å². The maximum Gasteiger partial charge on any atom is 0.250 e. The Labute approximate surface area is 182 Å². The third kappa shape index (κ3) is 5.05. The number of carbonyl (C=O) groups excluding carboxylic acids is 3. The molecule has 1 atom stereocenters. The van der Waals surface area contributed by atoms with Gasteiger partial charge in [0.25, 0.3) is 5.91 Å². The molecule has 3 rings (SSSR count). The molecule has 2 saturated heterocycles. The normalized spacial score (nSPS) is 18.7. The molecule has 2 aliphatic heterocycles. The molecule has 0 radical (unpaired) electrons. The molecule has 0 unspecified atom stereocenters. The fourth-order valence-corrected chi connectivity index (χ4v) is 5.48. The van der Waals surface area contributed by atoms with E-state index in [1.54, 1.807) is 24.0 Å². The summed E-state index contributed by atoms with van der Waals surface area (Å²) < 4.78 is 28.7. The van der Waals surface area contributed by atoms with Crippen LogP contribution >= 0.6 is 0 Å². The minimum Gasteiger partial charge on any atom is -0.368 e. The number of nitrogens with one attached hydrogen (secondary N) is 2. The van der Waals surface area contributed by atoms with Gasteiger partial charge in [-0.3, -0.25) is 14.4 Å². The number of piperidine rings is 1. The molecule has 0 bridgehead atoms. The molecular weight excluding hydrogens is 422 g/mol. The number of rotatable bonds is 7. The van der Waals surface area contributed by atoms with Crippen molar-refractivity contribution in [3.63, 3.8) is 0 Å². The van der Waals surface area contributed by atoms with E-state index in [0.717, 1.165) is 12.8 Å². The molecule has 170 valence electrons. The van der Waals surface area contributed by atoms with Crippen LogP contribution < -0.4 is 20.7 Å². The lowest BCUT2D eigenvalue weighted by Crippen LogP contribution is -2.58. The fourth-order valence-electron chi connectivity index (χ4n) is 3.99. The molecule has 0 aromatic heterocycles. The van der Waals surface area contributed by atoms with Crippen LogP contribution in [0.4, 0.5) is 5.69 Å². The smallest absolute Gasteiger partial charge is 0.250 e. The van der Waals surface area contributed by atoms with Crippen molar-refractivity contribution in [1.82, 2.24) is 14.9 Å². The Balaban J connectivity index is 1.93. The second-order valence-electron chi connectivity index (χ2n) is 7.64. The van der Waals surface area contributed by atoms with E-state index in [9.17, 15) is 22.8 Å². The van der Waals surface area contributed by atoms with Gasteiger partial charge in [-0.25, -0.2) is 8.42 Å². The second kappa shape index (κ2) is 9.75. The number of hydrogen-bond acceptors (Lipinski definition) is 6. The minimum absolute atomic E-state index is 0.0487. The molecule has 3 amide bonds. The van der Waals surface area contributed by atoms with Crippen molar-refractivity contribution in [2.24, 2.45) is 5.73 Å². The van der Waals surface area contributed by atoms with Crippen LogP contribution in [0.25, 0.3) is 0 Å². The first-order valence-corrected chi connectivity index (χ1v) is 12.0. The quantitative estimate of drug-likeness (QED) is 0.470. The van der Waals surface area contributed by atoms with Crippen LogP contribution in [0.5, 0.6) is 0 Å². The third-order valence-electron chi connectivity index (χ3n) is 5.60. The van der Waals surface area contributed by atoms with Gasteiger partial charge < -0.3 is 20.9 Å². The monoisotopic (exact) mass is 451 g/mol. The molecule has 2 fully saturated rings. The van der Waals surface area contributed by atoms with Crippen molar-refractivity contribution >= 4 is 33.4 Å². The summed E-state index contributed by atoms with van der Waals surface area (Å²) in [5.41, 5.74) is 6.39. The zero-order valence-electron chi connectivity index (χ0n) is 17.6. The van der Waals surface area contributed by atoms with Crippen LogP contribution in [0.2, 0.25) is 0 Å². The van der Waals surface area contributed by atoms with Crippen molar-refractivity contribution in [2.45, 2.75) is 43.5 Å². The zero-order valence-corrected chi connectivity index (χ0v) is 18.4. The second-order valence-corrected chi connectivity index (χ2v) is 9.32. The van der Waals surface area contributed by atoms with E-state index in [0.29, 0.717) is 56.8 Å². The molecule has 31 heavy (non-hydrogen) atoms. The number of hydrogen-bond donors (Lipinski definition) is 3. The lowest BCUT2D eigenvalue weighted by Gasteiger charge is -2.31. The van der Waals surface area contributed by atoms with Crippen molar-refractivity contribution in [1.29, 1.82) is 0 Å². The summed E-state index contributed by atoms with van der Waals surface area (Å²) in [5.74, 6) is -1.78. The number of carbonyl (C=O) groups is 3. The lowest BCUT2D eigenvalue weighted by atomic mass is 10.1. The van der Waals surface area contributed by atoms with E-state index in [2.05, 4.69) is 10.0 Å². The molecular formula is C20H29N5O5S. The number of piperazine rings is 1. The van der Waals surface area contributed by atoms with E-state index >= 15 is 0 Å². The number of primary amides is 1. The van der Waals surface area contributed by atoms with E-state index < -0.39 is 27.9 Å². The van der Waals surface area contributed by atoms with Gasteiger partial charge in [0.15, 0.2) is 6.04 Å². The standard InChI is InChI=1S/C20H29N5O5S/c1-2-14-15(25-11-4-3-8-17(25)26)6-5-7-16(14)31(29,30)23-18(19(21)27)20(28)24-12-9-22-10-13-24/h5-7,18,22-23H,2-4,8-13H2,1H3,(H2,21,27)/t18-/m0/s1. The van der Waals surface area contributed by atoms with Gasteiger partial charge in [0.2, 0.25) is 21.8 Å². The van der Waals surface area contributed by atoms with E-state index in [-0.39, 0.29) is 10.8 Å². The van der Waals surface area contributed by atoms with Gasteiger partial charge in [-0.1, -0.05) is 13.0 Å². The van der Waals surface area contributed by atoms with Crippen molar-refractivity contribution in [3.8, 4) is 0 Å². The highest BCUT2D eigenvalue weighted by Gasteiger charge is 2.35. The van der Waals surface area contributed by atoms with Crippen molar-refractivity contribution in [2.75, 3.05) is 37.6 Å². The molecule has 11 heteroatoms. The highest BCUT2D eigenvalue weighted by molar-refractivity contribution is 7.89. The van der Waals surface area contributed by atoms with Crippen LogP contribution in [0, 0.1) is 0 Å². The predicted octanol–water partition coefficient (Wildman–Crippen LogP) is -0.670. The molecule has 2 heterocycles. The van der Waals surface area contributed by atoms with Crippen LogP contribution in [-0.4, -0.2) is 69.8 Å². The molecule has 0 saturated carbocycles. The van der Waals surface area contributed by atoms with Gasteiger partial charge in [-0.2, -0.15) is 4.72 Å². The first kappa shape index (κ1) is 23.2. The van der Waals surface area contributed by atoms with E-state index in [1.165, 1.54) is 11.0 Å². The first-order valence-electron chi connectivity index (χ1n) is 10.5. The molecule has 1 aromatic rings. The van der Waals surface area contributed by atoms with Gasteiger partial charge in [0.1, 0.15) is 0 Å². The zero-order chi connectivity index (χ0) is 22.6. The number of nitrogens with zero attached hydrogens (tertiary/aromatic N) is 2. The van der Waals surface area contributed by atoms with Crippen molar-refractivity contribution < 1.29 is 22.8 Å². The summed E-state index contributed by atoms with van der Waals surface area (Å²) in [6.07, 6.45) is 2.42. The number of anilines is 1. The topological polar surface area (TPSA) is 142 Å². The van der Waals surface area contributed by atoms with Crippen LogP contribution in [0.15, 0.2) is 23.1 Å². The summed E-state index contributed by atoms with van der Waals surface area (Å²) in [6, 6.07) is 2.99. The van der Waals surface area contributed by atoms with Crippen LogP contribution in [-0.2, 0) is 30.8 Å². The van der Waals surface area contributed by atoms with Crippen LogP contribution in [0.3, 0.4) is 0 Å². The molecule has 10 nitrogen and oxygen atoms in total. The highest BCUT2D eigenvalue weighted by Crippen LogP contribution is 2.30. The molecule has 0 aliphatic carbocycles. The number of nitrogens with two attached hydrogens (primary N) is 1. The molecule has 0 spiro atoms. The average molecular weight is 452 g/mol. The van der Waals surface area contributed by atoms with Gasteiger partial charge >= 0.3 is 0 Å². The Bertz CT molecular complexity index is 959. The maximum absolute atomic E-state index is 13.2. The van der Waals surface area contributed by atoms with Crippen LogP contribution in [0.1, 0.15) is 31.7 Å². The molecule has 2 aliphatic rings. The first-order chi connectivity index (χ1) is 14.8. The average Bonchev–Trinajstić information content (AvgIpc) is 2.77. The summed E-state index contributed by atoms with van der Waals surface area (Å²) in [6.45, 7) is 4.14. The van der Waals surface area contributed by atoms with Crippen molar-refractivity contribution in [3.05, 3.63) is 23.8 Å². The Morgan fingerprint density at radius 2 is 1.90 bits per heavy atom. The minimum atomic E-state index is -4.26. The Hall–Kier alpha value is -2.50. The molecule has 1 aromatic carbocycles. The van der Waals surface area contributed by atoms with Gasteiger partial charge in [0.05, 0.1) is 4.90 Å². The third-order valence-corrected chi connectivity index (χ3v) is 7.11. The largest absolute Gasteiger partial charge is 0.368 e. The summed E-state index contributed by atoms with van der Waals surface area (Å²) in [4.78, 5) is 40.1. The van der Waals surface area contributed by atoms with E-state index in [1.807, 2.05) is 0 Å². The Morgan fingerprint density at radius 1 is 1.19 bits per heavy atom. The summed E-state index contributed by atoms with van der Waals surface area (Å²) >= 11 is 0.